The van der Waals surface area contributed by atoms with Gasteiger partial charge in [-0.25, -0.2) is 0 Å². The lowest BCUT2D eigenvalue weighted by Crippen LogP contribution is -2.23. The zero-order chi connectivity index (χ0) is 14.5. The third-order valence-corrected chi connectivity index (χ3v) is 5.06. The fraction of sp³-hybridized carbons (Fsp3) is 0.333. The summed E-state index contributed by atoms with van der Waals surface area (Å²) in [5, 5.41) is 6.50. The number of benzene rings is 1. The van der Waals surface area contributed by atoms with Crippen LogP contribution in [0.15, 0.2) is 29.6 Å². The predicted molar refractivity (Wildman–Crippen MR) is 95.2 cm³/mol. The molecule has 2 rings (SSSR count). The van der Waals surface area contributed by atoms with E-state index in [9.17, 15) is 0 Å². The lowest BCUT2D eigenvalue weighted by molar-refractivity contribution is 0.404. The molecular formula is C15H17ClINOS. The van der Waals surface area contributed by atoms with Gasteiger partial charge in [-0.3, -0.25) is 0 Å². The molecule has 0 aliphatic carbocycles. The van der Waals surface area contributed by atoms with Gasteiger partial charge in [0.25, 0.3) is 0 Å². The Bertz CT molecular complexity index is 573. The number of halogens is 2. The van der Waals surface area contributed by atoms with Crippen molar-refractivity contribution in [3.8, 4) is 5.75 Å². The molecule has 5 heteroatoms. The van der Waals surface area contributed by atoms with Crippen LogP contribution in [-0.2, 0) is 0 Å². The third-order valence-electron chi connectivity index (χ3n) is 3.02. The molecule has 0 amide bonds. The van der Waals surface area contributed by atoms with Crippen molar-refractivity contribution in [1.29, 1.82) is 0 Å². The molecular weight excluding hydrogens is 405 g/mol. The van der Waals surface area contributed by atoms with Gasteiger partial charge in [0.15, 0.2) is 0 Å². The first kappa shape index (κ1) is 16.1. The van der Waals surface area contributed by atoms with E-state index >= 15 is 0 Å². The summed E-state index contributed by atoms with van der Waals surface area (Å²) in [5.74, 6) is 0.865. The molecule has 1 heterocycles. The average molecular weight is 422 g/mol. The van der Waals surface area contributed by atoms with Gasteiger partial charge >= 0.3 is 0 Å². The Balaban J connectivity index is 2.42. The average Bonchev–Trinajstić information content (AvgIpc) is 2.86. The van der Waals surface area contributed by atoms with E-state index in [1.165, 1.54) is 8.45 Å². The summed E-state index contributed by atoms with van der Waals surface area (Å²) in [6, 6.07) is 8.09. The lowest BCUT2D eigenvalue weighted by Gasteiger charge is -2.21. The Morgan fingerprint density at radius 1 is 1.40 bits per heavy atom. The minimum absolute atomic E-state index is 0.114. The van der Waals surface area contributed by atoms with E-state index in [1.54, 1.807) is 18.4 Å². The van der Waals surface area contributed by atoms with E-state index in [0.29, 0.717) is 0 Å². The van der Waals surface area contributed by atoms with Crippen LogP contribution in [-0.4, -0.2) is 13.7 Å². The highest BCUT2D eigenvalue weighted by molar-refractivity contribution is 14.1. The molecule has 0 bridgehead atoms. The van der Waals surface area contributed by atoms with Crippen LogP contribution in [0.2, 0.25) is 5.02 Å². The highest BCUT2D eigenvalue weighted by Crippen LogP contribution is 2.34. The molecule has 0 saturated carbocycles. The van der Waals surface area contributed by atoms with Gasteiger partial charge < -0.3 is 10.1 Å². The number of methoxy groups -OCH3 is 1. The van der Waals surface area contributed by atoms with Crippen molar-refractivity contribution >= 4 is 45.5 Å². The van der Waals surface area contributed by atoms with Gasteiger partial charge in [-0.2, -0.15) is 0 Å². The van der Waals surface area contributed by atoms with E-state index in [4.69, 9.17) is 16.3 Å². The normalized spacial score (nSPS) is 12.4. The second-order valence-electron chi connectivity index (χ2n) is 4.46. The largest absolute Gasteiger partial charge is 0.496 e. The molecule has 1 unspecified atom stereocenters. The van der Waals surface area contributed by atoms with E-state index in [1.807, 2.05) is 18.2 Å². The Morgan fingerprint density at radius 2 is 2.20 bits per heavy atom. The maximum Gasteiger partial charge on any atom is 0.124 e. The monoisotopic (exact) mass is 421 g/mol. The Hall–Kier alpha value is -0.300. The van der Waals surface area contributed by atoms with E-state index < -0.39 is 0 Å². The molecule has 0 spiro atoms. The molecule has 2 nitrogen and oxygen atoms in total. The summed E-state index contributed by atoms with van der Waals surface area (Å²) >= 11 is 10.3. The second-order valence-corrected chi connectivity index (χ2v) is 7.70. The van der Waals surface area contributed by atoms with Gasteiger partial charge in [-0.1, -0.05) is 18.5 Å². The third kappa shape index (κ3) is 3.87. The maximum atomic E-state index is 6.16. The van der Waals surface area contributed by atoms with Crippen molar-refractivity contribution in [3.05, 3.63) is 48.7 Å². The molecule has 1 atom stereocenters. The van der Waals surface area contributed by atoms with Crippen LogP contribution in [0.5, 0.6) is 5.75 Å². The van der Waals surface area contributed by atoms with Crippen LogP contribution >= 0.6 is 45.5 Å². The number of hydrogen-bond acceptors (Lipinski definition) is 3. The topological polar surface area (TPSA) is 21.3 Å². The van der Waals surface area contributed by atoms with E-state index in [0.717, 1.165) is 29.3 Å². The lowest BCUT2D eigenvalue weighted by atomic mass is 10.00. The molecule has 20 heavy (non-hydrogen) atoms. The molecule has 1 N–H and O–H groups in total. The summed E-state index contributed by atoms with van der Waals surface area (Å²) in [7, 11) is 1.70. The first-order chi connectivity index (χ1) is 9.65. The van der Waals surface area contributed by atoms with E-state index in [2.05, 4.69) is 46.3 Å². The Labute approximate surface area is 142 Å². The first-order valence-electron chi connectivity index (χ1n) is 6.46. The first-order valence-corrected chi connectivity index (χ1v) is 8.80. The molecule has 0 aliphatic rings. The molecule has 108 valence electrons. The minimum atomic E-state index is 0.114. The van der Waals surface area contributed by atoms with Crippen LogP contribution in [0.4, 0.5) is 0 Å². The van der Waals surface area contributed by atoms with Crippen LogP contribution in [0.25, 0.3) is 0 Å². The number of rotatable bonds is 6. The van der Waals surface area contributed by atoms with Crippen molar-refractivity contribution in [2.24, 2.45) is 0 Å². The molecule has 0 fully saturated rings. The van der Waals surface area contributed by atoms with Crippen LogP contribution in [0, 0.1) is 2.88 Å². The number of ether oxygens (including phenoxy) is 1. The van der Waals surface area contributed by atoms with Gasteiger partial charge in [0.2, 0.25) is 0 Å². The minimum Gasteiger partial charge on any atom is -0.496 e. The Morgan fingerprint density at radius 3 is 2.80 bits per heavy atom. The van der Waals surface area contributed by atoms with Crippen LogP contribution < -0.4 is 10.1 Å². The van der Waals surface area contributed by atoms with E-state index in [-0.39, 0.29) is 6.04 Å². The maximum absolute atomic E-state index is 6.16. The van der Waals surface area contributed by atoms with Crippen LogP contribution in [0.1, 0.15) is 30.5 Å². The van der Waals surface area contributed by atoms with Gasteiger partial charge in [0, 0.05) is 10.6 Å². The molecule has 2 aromatic rings. The van der Waals surface area contributed by atoms with Crippen molar-refractivity contribution in [2.75, 3.05) is 13.7 Å². The number of hydrogen-bond donors (Lipinski definition) is 1. The van der Waals surface area contributed by atoms with Crippen molar-refractivity contribution in [3.63, 3.8) is 0 Å². The van der Waals surface area contributed by atoms with Gasteiger partial charge in [-0.05, 0) is 70.8 Å². The zero-order valence-electron chi connectivity index (χ0n) is 11.5. The SMILES string of the molecule is CCCNC(c1csc(I)c1)c1cc(Cl)ccc1OC. The predicted octanol–water partition coefficient (Wildman–Crippen LogP) is 5.10. The smallest absolute Gasteiger partial charge is 0.124 e. The van der Waals surface area contributed by atoms with Crippen molar-refractivity contribution in [2.45, 2.75) is 19.4 Å². The highest BCUT2D eigenvalue weighted by Gasteiger charge is 2.19. The number of thiophene rings is 1. The summed E-state index contributed by atoms with van der Waals surface area (Å²) in [4.78, 5) is 0. The standard InChI is InChI=1S/C15H17ClINOS/c1-3-6-18-15(10-7-14(17)20-9-10)12-8-11(16)4-5-13(12)19-2/h4-5,7-9,15,18H,3,6H2,1-2H3. The number of nitrogens with one attached hydrogen (secondary N) is 1. The Kier molecular flexibility index (Phi) is 6.14. The summed E-state index contributed by atoms with van der Waals surface area (Å²) in [5.41, 5.74) is 2.34. The quantitative estimate of drug-likeness (QED) is 0.655. The molecule has 0 radical (unpaired) electrons. The zero-order valence-corrected chi connectivity index (χ0v) is 15.2. The highest BCUT2D eigenvalue weighted by atomic mass is 127. The second kappa shape index (κ2) is 7.64. The summed E-state index contributed by atoms with van der Waals surface area (Å²) in [6.07, 6.45) is 1.08. The van der Waals surface area contributed by atoms with Gasteiger partial charge in [0.1, 0.15) is 5.75 Å². The molecule has 1 aromatic heterocycles. The summed E-state index contributed by atoms with van der Waals surface area (Å²) < 4.78 is 6.77. The van der Waals surface area contributed by atoms with Crippen molar-refractivity contribution in [1.82, 2.24) is 5.32 Å². The fourth-order valence-electron chi connectivity index (χ4n) is 2.10. The van der Waals surface area contributed by atoms with Gasteiger partial charge in [0.05, 0.1) is 16.0 Å². The van der Waals surface area contributed by atoms with Crippen LogP contribution in [0.3, 0.4) is 0 Å². The van der Waals surface area contributed by atoms with Gasteiger partial charge in [-0.15, -0.1) is 11.3 Å². The van der Waals surface area contributed by atoms with Crippen molar-refractivity contribution < 1.29 is 4.74 Å². The summed E-state index contributed by atoms with van der Waals surface area (Å²) in [6.45, 7) is 3.11. The molecule has 1 aromatic carbocycles. The molecule has 0 aliphatic heterocycles. The molecule has 0 saturated heterocycles. The fourth-order valence-corrected chi connectivity index (χ4v) is 3.68.